The predicted octanol–water partition coefficient (Wildman–Crippen LogP) is 1.91. The van der Waals surface area contributed by atoms with Gasteiger partial charge in [0, 0.05) is 26.1 Å². The largest absolute Gasteiger partial charge is 0.494 e. The summed E-state index contributed by atoms with van der Waals surface area (Å²) in [5.74, 6) is 1.08. The monoisotopic (exact) mass is 332 g/mol. The van der Waals surface area contributed by atoms with Crippen molar-refractivity contribution >= 4 is 5.91 Å². The standard InChI is InChI=1S/C17H21FN4O2/c1-21-11-19-20-17(21)13-5-7-22(8-6-13)16(23)10-12-3-4-15(24-2)14(18)9-12/h3-4,9,11,13H,5-8,10H2,1-2H3. The van der Waals surface area contributed by atoms with Crippen LogP contribution in [0.5, 0.6) is 5.75 Å². The highest BCUT2D eigenvalue weighted by Crippen LogP contribution is 2.26. The Bertz CT molecular complexity index is 723. The molecule has 3 rings (SSSR count). The fourth-order valence-corrected chi connectivity index (χ4v) is 3.16. The second kappa shape index (κ2) is 6.98. The number of aromatic nitrogens is 3. The molecule has 128 valence electrons. The van der Waals surface area contributed by atoms with Gasteiger partial charge < -0.3 is 14.2 Å². The number of rotatable bonds is 4. The normalized spacial score (nSPS) is 15.5. The zero-order valence-corrected chi connectivity index (χ0v) is 13.9. The number of methoxy groups -OCH3 is 1. The Kier molecular flexibility index (Phi) is 4.78. The van der Waals surface area contributed by atoms with Crippen LogP contribution < -0.4 is 4.74 Å². The molecule has 1 aromatic carbocycles. The van der Waals surface area contributed by atoms with Crippen LogP contribution in [0.4, 0.5) is 4.39 Å². The number of aryl methyl sites for hydroxylation is 1. The van der Waals surface area contributed by atoms with Crippen molar-refractivity contribution in [1.29, 1.82) is 0 Å². The smallest absolute Gasteiger partial charge is 0.226 e. The molecule has 1 aliphatic rings. The first kappa shape index (κ1) is 16.4. The quantitative estimate of drug-likeness (QED) is 0.858. The Morgan fingerprint density at radius 1 is 1.38 bits per heavy atom. The van der Waals surface area contributed by atoms with E-state index in [1.165, 1.54) is 13.2 Å². The summed E-state index contributed by atoms with van der Waals surface area (Å²) in [7, 11) is 3.36. The number of carbonyl (C=O) groups excluding carboxylic acids is 1. The maximum atomic E-state index is 13.7. The molecular weight excluding hydrogens is 311 g/mol. The fourth-order valence-electron chi connectivity index (χ4n) is 3.16. The van der Waals surface area contributed by atoms with Crippen LogP contribution in [0.15, 0.2) is 24.5 Å². The van der Waals surface area contributed by atoms with E-state index in [1.54, 1.807) is 18.5 Å². The number of hydrogen-bond acceptors (Lipinski definition) is 4. The van der Waals surface area contributed by atoms with Crippen molar-refractivity contribution in [2.45, 2.75) is 25.2 Å². The van der Waals surface area contributed by atoms with Crippen molar-refractivity contribution in [2.75, 3.05) is 20.2 Å². The molecule has 0 atom stereocenters. The molecular formula is C17H21FN4O2. The molecule has 0 bridgehead atoms. The first-order valence-electron chi connectivity index (χ1n) is 8.02. The van der Waals surface area contributed by atoms with E-state index >= 15 is 0 Å². The molecule has 0 saturated carbocycles. The summed E-state index contributed by atoms with van der Waals surface area (Å²) in [6.07, 6.45) is 3.64. The minimum absolute atomic E-state index is 0.0241. The molecule has 6 nitrogen and oxygen atoms in total. The second-order valence-electron chi connectivity index (χ2n) is 6.10. The maximum Gasteiger partial charge on any atom is 0.226 e. The van der Waals surface area contributed by atoms with E-state index in [4.69, 9.17) is 4.74 Å². The Morgan fingerprint density at radius 3 is 2.71 bits per heavy atom. The van der Waals surface area contributed by atoms with Gasteiger partial charge in [-0.3, -0.25) is 4.79 Å². The minimum atomic E-state index is -0.441. The van der Waals surface area contributed by atoms with Crippen LogP contribution in [0.1, 0.15) is 30.1 Å². The Balaban J connectivity index is 1.57. The minimum Gasteiger partial charge on any atom is -0.494 e. The number of ether oxygens (including phenoxy) is 1. The number of likely N-dealkylation sites (tertiary alicyclic amines) is 1. The lowest BCUT2D eigenvalue weighted by molar-refractivity contribution is -0.131. The van der Waals surface area contributed by atoms with Gasteiger partial charge in [-0.05, 0) is 30.5 Å². The second-order valence-corrected chi connectivity index (χ2v) is 6.10. The van der Waals surface area contributed by atoms with Crippen molar-refractivity contribution in [1.82, 2.24) is 19.7 Å². The average Bonchev–Trinajstić information content (AvgIpc) is 3.01. The first-order chi connectivity index (χ1) is 11.6. The van der Waals surface area contributed by atoms with Crippen LogP contribution >= 0.6 is 0 Å². The predicted molar refractivity (Wildman–Crippen MR) is 86.2 cm³/mol. The lowest BCUT2D eigenvalue weighted by Gasteiger charge is -2.31. The van der Waals surface area contributed by atoms with Crippen molar-refractivity contribution in [3.8, 4) is 5.75 Å². The lowest BCUT2D eigenvalue weighted by Crippen LogP contribution is -2.39. The summed E-state index contributed by atoms with van der Waals surface area (Å²) >= 11 is 0. The van der Waals surface area contributed by atoms with Crippen molar-refractivity contribution < 1.29 is 13.9 Å². The average molecular weight is 332 g/mol. The number of carbonyl (C=O) groups is 1. The summed E-state index contributed by atoms with van der Waals surface area (Å²) in [6, 6.07) is 4.65. The molecule has 0 radical (unpaired) electrons. The van der Waals surface area contributed by atoms with Crippen molar-refractivity contribution in [2.24, 2.45) is 7.05 Å². The molecule has 0 N–H and O–H groups in total. The molecule has 2 heterocycles. The topological polar surface area (TPSA) is 60.2 Å². The SMILES string of the molecule is COc1ccc(CC(=O)N2CCC(c3nncn3C)CC2)cc1F. The molecule has 1 amide bonds. The van der Waals surface area contributed by atoms with Gasteiger partial charge in [0.1, 0.15) is 12.2 Å². The van der Waals surface area contributed by atoms with E-state index in [-0.39, 0.29) is 18.1 Å². The van der Waals surface area contributed by atoms with E-state index in [0.717, 1.165) is 18.7 Å². The third-order valence-corrected chi connectivity index (χ3v) is 4.53. The van der Waals surface area contributed by atoms with Gasteiger partial charge in [-0.2, -0.15) is 0 Å². The number of nitrogens with zero attached hydrogens (tertiary/aromatic N) is 4. The Labute approximate surface area is 140 Å². The van der Waals surface area contributed by atoms with E-state index < -0.39 is 5.82 Å². The van der Waals surface area contributed by atoms with Gasteiger partial charge in [-0.1, -0.05) is 6.07 Å². The highest BCUT2D eigenvalue weighted by molar-refractivity contribution is 5.79. The fraction of sp³-hybridized carbons (Fsp3) is 0.471. The molecule has 2 aromatic rings. The van der Waals surface area contributed by atoms with Crippen LogP contribution in [0.25, 0.3) is 0 Å². The van der Waals surface area contributed by atoms with Crippen LogP contribution in [0, 0.1) is 5.82 Å². The van der Waals surface area contributed by atoms with E-state index in [9.17, 15) is 9.18 Å². The molecule has 24 heavy (non-hydrogen) atoms. The highest BCUT2D eigenvalue weighted by Gasteiger charge is 2.26. The number of hydrogen-bond donors (Lipinski definition) is 0. The highest BCUT2D eigenvalue weighted by atomic mass is 19.1. The molecule has 1 fully saturated rings. The van der Waals surface area contributed by atoms with Crippen molar-refractivity contribution in [3.05, 3.63) is 41.7 Å². The van der Waals surface area contributed by atoms with E-state index in [0.29, 0.717) is 24.6 Å². The molecule has 0 unspecified atom stereocenters. The van der Waals surface area contributed by atoms with Gasteiger partial charge in [0.25, 0.3) is 0 Å². The summed E-state index contributed by atoms with van der Waals surface area (Å²) in [5, 5.41) is 8.07. The van der Waals surface area contributed by atoms with Crippen molar-refractivity contribution in [3.63, 3.8) is 0 Å². The van der Waals surface area contributed by atoms with E-state index in [2.05, 4.69) is 10.2 Å². The zero-order valence-electron chi connectivity index (χ0n) is 13.9. The van der Waals surface area contributed by atoms with Gasteiger partial charge in [0.05, 0.1) is 13.5 Å². The lowest BCUT2D eigenvalue weighted by atomic mass is 9.95. The number of halogens is 1. The van der Waals surface area contributed by atoms with Gasteiger partial charge in [-0.25, -0.2) is 4.39 Å². The Morgan fingerprint density at radius 2 is 2.12 bits per heavy atom. The van der Waals surface area contributed by atoms with E-state index in [1.807, 2.05) is 16.5 Å². The van der Waals surface area contributed by atoms with Gasteiger partial charge in [0.15, 0.2) is 11.6 Å². The first-order valence-corrected chi connectivity index (χ1v) is 8.02. The molecule has 7 heteroatoms. The van der Waals surface area contributed by atoms with Gasteiger partial charge >= 0.3 is 0 Å². The molecule has 0 aliphatic carbocycles. The summed E-state index contributed by atoms with van der Waals surface area (Å²) in [4.78, 5) is 14.3. The third-order valence-electron chi connectivity index (χ3n) is 4.53. The van der Waals surface area contributed by atoms with Gasteiger partial charge in [0.2, 0.25) is 5.91 Å². The number of benzene rings is 1. The van der Waals surface area contributed by atoms with Gasteiger partial charge in [-0.15, -0.1) is 10.2 Å². The van der Waals surface area contributed by atoms with Crippen LogP contribution in [-0.4, -0.2) is 45.8 Å². The van der Waals surface area contributed by atoms with Crippen LogP contribution in [0.3, 0.4) is 0 Å². The number of amides is 1. The van der Waals surface area contributed by atoms with Crippen LogP contribution in [-0.2, 0) is 18.3 Å². The summed E-state index contributed by atoms with van der Waals surface area (Å²) < 4.78 is 20.6. The molecule has 1 aromatic heterocycles. The third kappa shape index (κ3) is 3.39. The number of piperidine rings is 1. The molecule has 1 saturated heterocycles. The summed E-state index contributed by atoms with van der Waals surface area (Å²) in [5.41, 5.74) is 0.661. The maximum absolute atomic E-state index is 13.7. The summed E-state index contributed by atoms with van der Waals surface area (Å²) in [6.45, 7) is 1.38. The Hall–Kier alpha value is -2.44. The van der Waals surface area contributed by atoms with Crippen LogP contribution in [0.2, 0.25) is 0 Å². The zero-order chi connectivity index (χ0) is 17.1. The molecule has 0 spiro atoms. The molecule has 1 aliphatic heterocycles.